The van der Waals surface area contributed by atoms with Crippen LogP contribution in [0.3, 0.4) is 0 Å². The largest absolute Gasteiger partial charge is 0.306 e. The second kappa shape index (κ2) is 7.17. The third-order valence-electron chi connectivity index (χ3n) is 3.14. The fourth-order valence-electron chi connectivity index (χ4n) is 2.12. The quantitative estimate of drug-likeness (QED) is 0.898. The van der Waals surface area contributed by atoms with Crippen molar-refractivity contribution < 1.29 is 4.79 Å². The summed E-state index contributed by atoms with van der Waals surface area (Å²) in [4.78, 5) is 12.0. The molecule has 1 unspecified atom stereocenters. The highest BCUT2D eigenvalue weighted by molar-refractivity contribution is 7.18. The molecule has 21 heavy (non-hydrogen) atoms. The van der Waals surface area contributed by atoms with Gasteiger partial charge in [-0.3, -0.25) is 10.1 Å². The van der Waals surface area contributed by atoms with Crippen molar-refractivity contribution in [2.24, 2.45) is 0 Å². The molecule has 0 bridgehead atoms. The van der Waals surface area contributed by atoms with Crippen molar-refractivity contribution in [3.63, 3.8) is 0 Å². The maximum Gasteiger partial charge on any atom is 0.243 e. The Kier molecular flexibility index (Phi) is 5.52. The summed E-state index contributed by atoms with van der Waals surface area (Å²) in [7, 11) is 0. The third-order valence-corrected chi connectivity index (χ3v) is 4.34. The number of carbonyl (C=O) groups excluding carboxylic acids is 1. The minimum absolute atomic E-state index is 0. The molecule has 1 aliphatic rings. The molecule has 8 heteroatoms. The normalized spacial score (nSPS) is 17.3. The predicted octanol–water partition coefficient (Wildman–Crippen LogP) is 2.97. The van der Waals surface area contributed by atoms with E-state index >= 15 is 0 Å². The summed E-state index contributed by atoms with van der Waals surface area (Å²) in [5, 5.41) is 15.8. The van der Waals surface area contributed by atoms with E-state index in [1.165, 1.54) is 11.3 Å². The maximum atomic E-state index is 12.0. The van der Waals surface area contributed by atoms with Gasteiger partial charge in [0.05, 0.1) is 11.1 Å². The summed E-state index contributed by atoms with van der Waals surface area (Å²) in [5.74, 6) is -0.0515. The van der Waals surface area contributed by atoms with E-state index in [1.54, 1.807) is 6.07 Å². The molecule has 2 aromatic rings. The van der Waals surface area contributed by atoms with Gasteiger partial charge < -0.3 is 5.32 Å². The number of nitrogens with zero attached hydrogens (tertiary/aromatic N) is 2. The fourth-order valence-corrected chi connectivity index (χ4v) is 3.19. The highest BCUT2D eigenvalue weighted by Gasteiger charge is 2.23. The zero-order chi connectivity index (χ0) is 13.9. The van der Waals surface area contributed by atoms with E-state index in [0.717, 1.165) is 24.9 Å². The number of aromatic nitrogens is 2. The molecule has 1 fully saturated rings. The zero-order valence-electron chi connectivity index (χ0n) is 11.0. The predicted molar refractivity (Wildman–Crippen MR) is 87.3 cm³/mol. The Labute approximate surface area is 137 Å². The van der Waals surface area contributed by atoms with E-state index in [4.69, 9.17) is 11.6 Å². The smallest absolute Gasteiger partial charge is 0.243 e. The van der Waals surface area contributed by atoms with Crippen molar-refractivity contribution in [2.45, 2.75) is 18.9 Å². The molecule has 1 amide bonds. The SMILES string of the molecule is Cl.O=C(Nc1nnc(-c2ccccc2Cl)s1)C1CCCN1. The first kappa shape index (κ1) is 16.2. The van der Waals surface area contributed by atoms with Gasteiger partial charge in [-0.1, -0.05) is 41.1 Å². The Morgan fingerprint density at radius 1 is 1.38 bits per heavy atom. The van der Waals surface area contributed by atoms with Gasteiger partial charge in [-0.25, -0.2) is 0 Å². The Hall–Kier alpha value is -1.21. The van der Waals surface area contributed by atoms with Crippen LogP contribution in [0.15, 0.2) is 24.3 Å². The fraction of sp³-hybridized carbons (Fsp3) is 0.308. The molecule has 2 N–H and O–H groups in total. The number of hydrogen-bond donors (Lipinski definition) is 2. The van der Waals surface area contributed by atoms with Crippen LogP contribution in [-0.4, -0.2) is 28.7 Å². The van der Waals surface area contributed by atoms with Crippen LogP contribution in [0, 0.1) is 0 Å². The minimum Gasteiger partial charge on any atom is -0.306 e. The van der Waals surface area contributed by atoms with Gasteiger partial charge in [-0.05, 0) is 25.5 Å². The lowest BCUT2D eigenvalue weighted by Gasteiger charge is -2.07. The molecule has 0 spiro atoms. The zero-order valence-corrected chi connectivity index (χ0v) is 13.4. The standard InChI is InChI=1S/C13H13ClN4OS.ClH/c14-9-5-2-1-4-8(9)12-17-18-13(20-12)16-11(19)10-6-3-7-15-10;/h1-2,4-5,10,15H,3,6-7H2,(H,16,18,19);1H. The Morgan fingerprint density at radius 2 is 2.19 bits per heavy atom. The van der Waals surface area contributed by atoms with E-state index in [2.05, 4.69) is 20.8 Å². The van der Waals surface area contributed by atoms with Gasteiger partial charge in [0.1, 0.15) is 0 Å². The number of hydrogen-bond acceptors (Lipinski definition) is 5. The van der Waals surface area contributed by atoms with Crippen LogP contribution in [0.1, 0.15) is 12.8 Å². The molecule has 112 valence electrons. The molecular formula is C13H14Cl2N4OS. The number of rotatable bonds is 3. The van der Waals surface area contributed by atoms with E-state index in [9.17, 15) is 4.79 Å². The Balaban J connectivity index is 0.00000161. The van der Waals surface area contributed by atoms with Crippen molar-refractivity contribution in [1.29, 1.82) is 0 Å². The minimum atomic E-state index is -0.123. The van der Waals surface area contributed by atoms with Crippen LogP contribution in [0.4, 0.5) is 5.13 Å². The molecule has 1 aromatic heterocycles. The average Bonchev–Trinajstić information content (AvgIpc) is 3.10. The van der Waals surface area contributed by atoms with Gasteiger partial charge in [-0.15, -0.1) is 22.6 Å². The van der Waals surface area contributed by atoms with Crippen molar-refractivity contribution in [3.05, 3.63) is 29.3 Å². The van der Waals surface area contributed by atoms with Crippen LogP contribution in [0.5, 0.6) is 0 Å². The number of amides is 1. The average molecular weight is 345 g/mol. The van der Waals surface area contributed by atoms with Crippen molar-refractivity contribution in [2.75, 3.05) is 11.9 Å². The highest BCUT2D eigenvalue weighted by Crippen LogP contribution is 2.31. The van der Waals surface area contributed by atoms with E-state index < -0.39 is 0 Å². The van der Waals surface area contributed by atoms with Gasteiger partial charge in [0.15, 0.2) is 5.01 Å². The second-order valence-corrected chi connectivity index (χ2v) is 5.92. The molecule has 0 aliphatic carbocycles. The van der Waals surface area contributed by atoms with Gasteiger partial charge in [-0.2, -0.15) is 0 Å². The first-order chi connectivity index (χ1) is 9.74. The number of nitrogens with one attached hydrogen (secondary N) is 2. The summed E-state index contributed by atoms with van der Waals surface area (Å²) < 4.78 is 0. The van der Waals surface area contributed by atoms with E-state index in [-0.39, 0.29) is 24.4 Å². The van der Waals surface area contributed by atoms with Crippen LogP contribution in [0.2, 0.25) is 5.02 Å². The molecule has 2 heterocycles. The van der Waals surface area contributed by atoms with Gasteiger partial charge in [0.25, 0.3) is 0 Å². The maximum absolute atomic E-state index is 12.0. The first-order valence-electron chi connectivity index (χ1n) is 6.37. The summed E-state index contributed by atoms with van der Waals surface area (Å²) >= 11 is 7.44. The van der Waals surface area contributed by atoms with Crippen LogP contribution in [-0.2, 0) is 4.79 Å². The molecule has 0 radical (unpaired) electrons. The topological polar surface area (TPSA) is 66.9 Å². The lowest BCUT2D eigenvalue weighted by molar-refractivity contribution is -0.117. The monoisotopic (exact) mass is 344 g/mol. The van der Waals surface area contributed by atoms with Crippen LogP contribution in [0.25, 0.3) is 10.6 Å². The first-order valence-corrected chi connectivity index (χ1v) is 7.56. The molecule has 5 nitrogen and oxygen atoms in total. The molecule has 3 rings (SSSR count). The summed E-state index contributed by atoms with van der Waals surface area (Å²) in [6, 6.07) is 7.32. The lowest BCUT2D eigenvalue weighted by Crippen LogP contribution is -2.35. The molecule has 1 aromatic carbocycles. The number of carbonyl (C=O) groups is 1. The van der Waals surface area contributed by atoms with Crippen molar-refractivity contribution >= 4 is 46.4 Å². The molecular weight excluding hydrogens is 331 g/mol. The van der Waals surface area contributed by atoms with E-state index in [0.29, 0.717) is 15.2 Å². The third kappa shape index (κ3) is 3.71. The molecule has 1 saturated heterocycles. The Bertz CT molecular complexity index is 628. The summed E-state index contributed by atoms with van der Waals surface area (Å²) in [6.07, 6.45) is 1.89. The second-order valence-electron chi connectivity index (χ2n) is 4.53. The number of benzene rings is 1. The van der Waals surface area contributed by atoms with Crippen molar-refractivity contribution in [3.8, 4) is 10.6 Å². The summed E-state index contributed by atoms with van der Waals surface area (Å²) in [6.45, 7) is 0.888. The van der Waals surface area contributed by atoms with Gasteiger partial charge >= 0.3 is 0 Å². The van der Waals surface area contributed by atoms with Gasteiger partial charge in [0.2, 0.25) is 11.0 Å². The Morgan fingerprint density at radius 3 is 2.90 bits per heavy atom. The van der Waals surface area contributed by atoms with E-state index in [1.807, 2.05) is 18.2 Å². The number of halogens is 2. The summed E-state index contributed by atoms with van der Waals surface area (Å²) in [5.41, 5.74) is 0.825. The molecule has 1 atom stereocenters. The van der Waals surface area contributed by atoms with Crippen LogP contribution < -0.4 is 10.6 Å². The highest BCUT2D eigenvalue weighted by atomic mass is 35.5. The van der Waals surface area contributed by atoms with Crippen molar-refractivity contribution in [1.82, 2.24) is 15.5 Å². The number of anilines is 1. The molecule has 0 saturated carbocycles. The lowest BCUT2D eigenvalue weighted by atomic mass is 10.2. The molecule has 1 aliphatic heterocycles. The van der Waals surface area contributed by atoms with Gasteiger partial charge in [0, 0.05) is 5.56 Å². The van der Waals surface area contributed by atoms with Crippen LogP contribution >= 0.6 is 35.3 Å².